The van der Waals surface area contributed by atoms with Gasteiger partial charge in [-0.3, -0.25) is 0 Å². The second kappa shape index (κ2) is 17.3. The van der Waals surface area contributed by atoms with Gasteiger partial charge in [-0.05, 0) is 101 Å². The van der Waals surface area contributed by atoms with Crippen molar-refractivity contribution in [2.45, 2.75) is 105 Å². The SMILES string of the molecule is CC(C)c1ccc(N(c2cc3c(oc4c5ccccc5c(N(c5ccc(C(C)C)cc5)c5cccc6c5oc5c(C(C)(C)C)cccc56)cc34)c3c2CCC=C3)c2cccc3c2oc2c(C(C)(C)C)cccc23)cc1. The van der Waals surface area contributed by atoms with Crippen LogP contribution >= 0.6 is 0 Å². The average molecular weight is 981 g/mol. The fourth-order valence-corrected chi connectivity index (χ4v) is 12.0. The second-order valence-electron chi connectivity index (χ2n) is 23.6. The Labute approximate surface area is 439 Å². The van der Waals surface area contributed by atoms with E-state index in [-0.39, 0.29) is 10.8 Å². The average Bonchev–Trinajstić information content (AvgIpc) is 4.14. The lowest BCUT2D eigenvalue weighted by Crippen LogP contribution is -2.14. The third kappa shape index (κ3) is 7.48. The first-order valence-corrected chi connectivity index (χ1v) is 26.9. The van der Waals surface area contributed by atoms with E-state index in [1.54, 1.807) is 0 Å². The van der Waals surface area contributed by atoms with E-state index in [1.807, 2.05) is 0 Å². The Hall–Kier alpha value is -8.02. The lowest BCUT2D eigenvalue weighted by Gasteiger charge is -2.30. The minimum atomic E-state index is -0.113. The van der Waals surface area contributed by atoms with Crippen LogP contribution in [0, 0.1) is 0 Å². The molecular formula is C70H64N2O3. The number of fused-ring (bicyclic) bond motifs is 13. The van der Waals surface area contributed by atoms with Crippen molar-refractivity contribution in [3.05, 3.63) is 197 Å². The van der Waals surface area contributed by atoms with Gasteiger partial charge in [0.2, 0.25) is 0 Å². The van der Waals surface area contributed by atoms with E-state index in [4.69, 9.17) is 13.3 Å². The van der Waals surface area contributed by atoms with Crippen molar-refractivity contribution in [1.29, 1.82) is 0 Å². The van der Waals surface area contributed by atoms with Crippen molar-refractivity contribution >= 4 is 117 Å². The largest absolute Gasteiger partial charge is 0.455 e. The summed E-state index contributed by atoms with van der Waals surface area (Å²) in [5.41, 5.74) is 18.8. The minimum Gasteiger partial charge on any atom is -0.455 e. The molecule has 0 spiro atoms. The van der Waals surface area contributed by atoms with E-state index in [0.29, 0.717) is 11.8 Å². The first-order valence-electron chi connectivity index (χ1n) is 26.9. The molecule has 12 aromatic rings. The summed E-state index contributed by atoms with van der Waals surface area (Å²) >= 11 is 0. The van der Waals surface area contributed by atoms with Gasteiger partial charge in [-0.15, -0.1) is 0 Å². The van der Waals surface area contributed by atoms with Gasteiger partial charge in [-0.25, -0.2) is 0 Å². The summed E-state index contributed by atoms with van der Waals surface area (Å²) in [6.45, 7) is 22.6. The van der Waals surface area contributed by atoms with Crippen LogP contribution in [-0.2, 0) is 17.3 Å². The molecule has 0 saturated carbocycles. The number of benzene rings is 9. The quantitative estimate of drug-likeness (QED) is 0.152. The highest BCUT2D eigenvalue weighted by atomic mass is 16.3. The van der Waals surface area contributed by atoms with Gasteiger partial charge in [-0.2, -0.15) is 0 Å². The molecule has 3 heterocycles. The monoisotopic (exact) mass is 980 g/mol. The summed E-state index contributed by atoms with van der Waals surface area (Å²) < 4.78 is 21.7. The number of rotatable bonds is 8. The maximum atomic E-state index is 7.33. The van der Waals surface area contributed by atoms with Gasteiger partial charge >= 0.3 is 0 Å². The third-order valence-electron chi connectivity index (χ3n) is 15.9. The highest BCUT2D eigenvalue weighted by molar-refractivity contribution is 6.22. The molecule has 0 bridgehead atoms. The Morgan fingerprint density at radius 2 is 0.800 bits per heavy atom. The van der Waals surface area contributed by atoms with Crippen LogP contribution in [0.5, 0.6) is 0 Å². The lowest BCUT2D eigenvalue weighted by atomic mass is 9.86. The summed E-state index contributed by atoms with van der Waals surface area (Å²) in [5, 5.41) is 8.69. The van der Waals surface area contributed by atoms with Crippen LogP contribution in [0.1, 0.15) is 121 Å². The predicted octanol–water partition coefficient (Wildman–Crippen LogP) is 21.3. The Morgan fingerprint density at radius 1 is 0.387 bits per heavy atom. The molecule has 1 aliphatic carbocycles. The predicted molar refractivity (Wildman–Crippen MR) is 318 cm³/mol. The van der Waals surface area contributed by atoms with E-state index in [1.165, 1.54) is 27.8 Å². The zero-order valence-electron chi connectivity index (χ0n) is 44.9. The van der Waals surface area contributed by atoms with E-state index in [9.17, 15) is 0 Å². The summed E-state index contributed by atoms with van der Waals surface area (Å²) in [5.74, 6) is 0.781. The number of nitrogens with zero attached hydrogens (tertiary/aromatic N) is 2. The smallest absolute Gasteiger partial charge is 0.159 e. The van der Waals surface area contributed by atoms with Gasteiger partial charge in [-0.1, -0.05) is 191 Å². The van der Waals surface area contributed by atoms with Gasteiger partial charge in [0, 0.05) is 71.2 Å². The standard InChI is InChI=1S/C70H64N2O3/c1-41(2)43-31-35-45(36-32-43)71(59-29-17-25-53-51-23-15-27-57(69(5,6)7)65(51)74-67(53)59)61-39-55-56-40-62(48-20-12-14-22-50(48)64(56)73-63(55)49-21-13-11-19-47(49)61)72(46-37-33-44(34-38-46)42(3)4)60-30-18-26-54-52-24-16-28-58(70(8,9)10)66(52)75-68(54)60/h11,13-19,21-42H,12,20H2,1-10H3. The molecule has 1 aliphatic rings. The van der Waals surface area contributed by atoms with Crippen molar-refractivity contribution in [1.82, 2.24) is 0 Å². The molecule has 0 aliphatic heterocycles. The van der Waals surface area contributed by atoms with Crippen molar-refractivity contribution in [3.63, 3.8) is 0 Å². The van der Waals surface area contributed by atoms with Gasteiger partial charge in [0.15, 0.2) is 11.2 Å². The minimum absolute atomic E-state index is 0.108. The molecule has 9 aromatic carbocycles. The van der Waals surface area contributed by atoms with Gasteiger partial charge in [0.25, 0.3) is 0 Å². The molecule has 3 aromatic heterocycles. The molecule has 0 fully saturated rings. The summed E-state index contributed by atoms with van der Waals surface area (Å²) in [6.07, 6.45) is 6.39. The zero-order chi connectivity index (χ0) is 51.7. The number of para-hydroxylation sites is 4. The molecular weight excluding hydrogens is 917 g/mol. The summed E-state index contributed by atoms with van der Waals surface area (Å²) in [4.78, 5) is 4.88. The second-order valence-corrected chi connectivity index (χ2v) is 23.6. The third-order valence-corrected chi connectivity index (χ3v) is 15.9. The van der Waals surface area contributed by atoms with Crippen molar-refractivity contribution in [3.8, 4) is 0 Å². The molecule has 0 radical (unpaired) electrons. The molecule has 13 rings (SSSR count). The Balaban J connectivity index is 1.11. The number of hydrogen-bond donors (Lipinski definition) is 0. The fourth-order valence-electron chi connectivity index (χ4n) is 12.0. The number of hydrogen-bond acceptors (Lipinski definition) is 5. The van der Waals surface area contributed by atoms with Crippen LogP contribution in [0.2, 0.25) is 0 Å². The van der Waals surface area contributed by atoms with Crippen molar-refractivity contribution < 1.29 is 13.3 Å². The van der Waals surface area contributed by atoms with Crippen LogP contribution in [0.4, 0.5) is 34.1 Å². The molecule has 0 atom stereocenters. The summed E-state index contributed by atoms with van der Waals surface area (Å²) in [6, 6.07) is 58.2. The van der Waals surface area contributed by atoms with Crippen LogP contribution in [0.25, 0.3) is 82.7 Å². The topological polar surface area (TPSA) is 45.9 Å². The Kier molecular flexibility index (Phi) is 10.8. The molecule has 5 nitrogen and oxygen atoms in total. The summed E-state index contributed by atoms with van der Waals surface area (Å²) in [7, 11) is 0. The van der Waals surface area contributed by atoms with Crippen LogP contribution in [0.15, 0.2) is 177 Å². The molecule has 0 saturated heterocycles. The van der Waals surface area contributed by atoms with Gasteiger partial charge < -0.3 is 23.1 Å². The van der Waals surface area contributed by atoms with Crippen molar-refractivity contribution in [2.75, 3.05) is 9.80 Å². The highest BCUT2D eigenvalue weighted by Crippen LogP contribution is 2.52. The lowest BCUT2D eigenvalue weighted by molar-refractivity contribution is 0.572. The van der Waals surface area contributed by atoms with E-state index >= 15 is 0 Å². The van der Waals surface area contributed by atoms with Crippen LogP contribution in [0.3, 0.4) is 0 Å². The van der Waals surface area contributed by atoms with Crippen LogP contribution in [-0.4, -0.2) is 0 Å². The van der Waals surface area contributed by atoms with Crippen LogP contribution < -0.4 is 9.80 Å². The molecule has 75 heavy (non-hydrogen) atoms. The first-order chi connectivity index (χ1) is 36.1. The highest BCUT2D eigenvalue weighted by Gasteiger charge is 2.31. The normalized spacial score (nSPS) is 13.3. The van der Waals surface area contributed by atoms with E-state index in [2.05, 4.69) is 249 Å². The van der Waals surface area contributed by atoms with E-state index in [0.717, 1.165) is 129 Å². The molecule has 0 N–H and O–H groups in total. The fraction of sp³-hybridized carbons (Fsp3) is 0.229. The molecule has 5 heteroatoms. The molecule has 0 amide bonds. The maximum Gasteiger partial charge on any atom is 0.159 e. The number of anilines is 6. The molecule has 372 valence electrons. The molecule has 0 unspecified atom stereocenters. The van der Waals surface area contributed by atoms with Gasteiger partial charge in [0.05, 0.1) is 22.7 Å². The zero-order valence-corrected chi connectivity index (χ0v) is 44.9. The van der Waals surface area contributed by atoms with Gasteiger partial charge in [0.1, 0.15) is 22.3 Å². The maximum absolute atomic E-state index is 7.33. The number of furan rings is 3. The first kappa shape index (κ1) is 46.7. The Bertz CT molecular complexity index is 4260. The number of allylic oxidation sites excluding steroid dienone is 1. The van der Waals surface area contributed by atoms with Crippen molar-refractivity contribution in [2.24, 2.45) is 0 Å². The Morgan fingerprint density at radius 3 is 1.31 bits per heavy atom. The van der Waals surface area contributed by atoms with E-state index < -0.39 is 0 Å².